The maximum Gasteiger partial charge on any atom is -0.0162 e. The molecule has 0 amide bonds. The highest BCUT2D eigenvalue weighted by Crippen LogP contribution is 2.45. The summed E-state index contributed by atoms with van der Waals surface area (Å²) in [5, 5.41) is 0. The molecule has 0 saturated heterocycles. The number of benzene rings is 1. The molecule has 0 aromatic heterocycles. The smallest absolute Gasteiger partial charge is 0.0162 e. The minimum absolute atomic E-state index is 0.628. The van der Waals surface area contributed by atoms with Crippen molar-refractivity contribution in [3.8, 4) is 0 Å². The van der Waals surface area contributed by atoms with Gasteiger partial charge in [0.05, 0.1) is 0 Å². The summed E-state index contributed by atoms with van der Waals surface area (Å²) in [5.74, 6) is 2.85. The Hall–Kier alpha value is -0.780. The Bertz CT molecular complexity index is 538. The van der Waals surface area contributed by atoms with E-state index in [0.29, 0.717) is 5.41 Å². The van der Waals surface area contributed by atoms with E-state index in [-0.39, 0.29) is 0 Å². The molecule has 0 nitrogen and oxygen atoms in total. The Balaban J connectivity index is 1.41. The van der Waals surface area contributed by atoms with Crippen molar-refractivity contribution in [1.29, 1.82) is 0 Å². The van der Waals surface area contributed by atoms with Crippen LogP contribution in [0.1, 0.15) is 128 Å². The van der Waals surface area contributed by atoms with Crippen molar-refractivity contribution in [3.05, 3.63) is 35.4 Å². The van der Waals surface area contributed by atoms with Crippen LogP contribution < -0.4 is 0 Å². The number of hydrogen-bond donors (Lipinski definition) is 0. The molecule has 0 N–H and O–H groups in total. The minimum Gasteiger partial charge on any atom is -0.0654 e. The summed E-state index contributed by atoms with van der Waals surface area (Å²) in [4.78, 5) is 0. The van der Waals surface area contributed by atoms with Crippen LogP contribution in [0.15, 0.2) is 24.3 Å². The fourth-order valence-electron chi connectivity index (χ4n) is 6.05. The van der Waals surface area contributed by atoms with Crippen molar-refractivity contribution >= 4 is 0 Å². The lowest BCUT2D eigenvalue weighted by Gasteiger charge is -2.37. The quantitative estimate of drug-likeness (QED) is 0.399. The van der Waals surface area contributed by atoms with Crippen molar-refractivity contribution in [2.75, 3.05) is 0 Å². The van der Waals surface area contributed by atoms with Gasteiger partial charge in [-0.05, 0) is 79.2 Å². The number of hydrogen-bond acceptors (Lipinski definition) is 0. The molecule has 1 aromatic rings. The Labute approximate surface area is 175 Å². The zero-order valence-corrected chi connectivity index (χ0v) is 19.1. The number of unbranched alkanes of at least 4 members (excludes halogenated alkanes) is 1. The maximum atomic E-state index is 2.54. The first-order chi connectivity index (χ1) is 13.6. The SMILES string of the molecule is CCCCC1(C)CCC(c2ccc(CCC3CCC(CCC)CC3)cc2)CC1. The zero-order valence-electron chi connectivity index (χ0n) is 19.1. The van der Waals surface area contributed by atoms with Gasteiger partial charge in [0.1, 0.15) is 0 Å². The van der Waals surface area contributed by atoms with E-state index in [1.165, 1.54) is 96.3 Å². The van der Waals surface area contributed by atoms with Gasteiger partial charge in [0, 0.05) is 0 Å². The molecule has 3 rings (SSSR count). The molecule has 0 radical (unpaired) electrons. The highest BCUT2D eigenvalue weighted by Gasteiger charge is 2.31. The first kappa shape index (κ1) is 21.9. The molecule has 1 aromatic carbocycles. The van der Waals surface area contributed by atoms with E-state index in [1.807, 2.05) is 0 Å². The van der Waals surface area contributed by atoms with Gasteiger partial charge in [-0.25, -0.2) is 0 Å². The molecular weight excluding hydrogens is 336 g/mol. The summed E-state index contributed by atoms with van der Waals surface area (Å²) < 4.78 is 0. The van der Waals surface area contributed by atoms with E-state index in [9.17, 15) is 0 Å². The predicted molar refractivity (Wildman–Crippen MR) is 124 cm³/mol. The van der Waals surface area contributed by atoms with Crippen LogP contribution in [-0.2, 0) is 6.42 Å². The summed E-state index contributed by atoms with van der Waals surface area (Å²) in [6.07, 6.45) is 21.4. The number of aryl methyl sites for hydroxylation is 1. The summed E-state index contributed by atoms with van der Waals surface area (Å²) >= 11 is 0. The summed E-state index contributed by atoms with van der Waals surface area (Å²) in [6.45, 7) is 7.21. The van der Waals surface area contributed by atoms with Crippen LogP contribution in [0.3, 0.4) is 0 Å². The Morgan fingerprint density at radius 2 is 1.39 bits per heavy atom. The Kier molecular flexibility index (Phi) is 8.49. The van der Waals surface area contributed by atoms with Gasteiger partial charge >= 0.3 is 0 Å². The van der Waals surface area contributed by atoms with Gasteiger partial charge in [-0.15, -0.1) is 0 Å². The molecule has 0 heteroatoms. The molecule has 28 heavy (non-hydrogen) atoms. The second-order valence-corrected chi connectivity index (χ2v) is 10.6. The Morgan fingerprint density at radius 3 is 1.96 bits per heavy atom. The maximum absolute atomic E-state index is 2.54. The lowest BCUT2D eigenvalue weighted by molar-refractivity contribution is 0.179. The second-order valence-electron chi connectivity index (χ2n) is 10.6. The monoisotopic (exact) mass is 382 g/mol. The average molecular weight is 383 g/mol. The van der Waals surface area contributed by atoms with Crippen LogP contribution in [0, 0.1) is 17.3 Å². The first-order valence-electron chi connectivity index (χ1n) is 12.7. The molecule has 2 aliphatic carbocycles. The van der Waals surface area contributed by atoms with E-state index in [1.54, 1.807) is 11.1 Å². The highest BCUT2D eigenvalue weighted by molar-refractivity contribution is 5.26. The van der Waals surface area contributed by atoms with Crippen LogP contribution in [0.5, 0.6) is 0 Å². The van der Waals surface area contributed by atoms with Crippen molar-refractivity contribution in [2.24, 2.45) is 17.3 Å². The fourth-order valence-corrected chi connectivity index (χ4v) is 6.05. The van der Waals surface area contributed by atoms with Gasteiger partial charge in [0.2, 0.25) is 0 Å². The molecule has 0 aliphatic heterocycles. The predicted octanol–water partition coefficient (Wildman–Crippen LogP) is 9.08. The molecule has 0 atom stereocenters. The standard InChI is InChI=1S/C28H46/c1-4-6-20-28(3)21-18-27(19-22-28)26-16-14-25(15-17-26)13-12-24-10-8-23(7-5-2)9-11-24/h14-17,23-24,27H,4-13,18-22H2,1-3H3. The van der Waals surface area contributed by atoms with Gasteiger partial charge in [-0.3, -0.25) is 0 Å². The lowest BCUT2D eigenvalue weighted by atomic mass is 9.68. The van der Waals surface area contributed by atoms with Crippen molar-refractivity contribution in [1.82, 2.24) is 0 Å². The Morgan fingerprint density at radius 1 is 0.786 bits per heavy atom. The highest BCUT2D eigenvalue weighted by atomic mass is 14.4. The van der Waals surface area contributed by atoms with Crippen molar-refractivity contribution in [3.63, 3.8) is 0 Å². The molecule has 2 saturated carbocycles. The van der Waals surface area contributed by atoms with E-state index < -0.39 is 0 Å². The van der Waals surface area contributed by atoms with Gasteiger partial charge in [-0.1, -0.05) is 96.4 Å². The first-order valence-corrected chi connectivity index (χ1v) is 12.7. The number of rotatable bonds is 9. The molecule has 0 unspecified atom stereocenters. The molecular formula is C28H46. The molecule has 0 heterocycles. The molecule has 0 spiro atoms. The fraction of sp³-hybridized carbons (Fsp3) is 0.786. The normalized spacial score (nSPS) is 31.0. The summed E-state index contributed by atoms with van der Waals surface area (Å²) in [6, 6.07) is 9.82. The van der Waals surface area contributed by atoms with E-state index in [0.717, 1.165) is 17.8 Å². The minimum atomic E-state index is 0.628. The third-order valence-electron chi connectivity index (χ3n) is 8.28. The van der Waals surface area contributed by atoms with Crippen molar-refractivity contribution in [2.45, 2.75) is 123 Å². The van der Waals surface area contributed by atoms with E-state index in [2.05, 4.69) is 45.0 Å². The van der Waals surface area contributed by atoms with Crippen LogP contribution >= 0.6 is 0 Å². The lowest BCUT2D eigenvalue weighted by Crippen LogP contribution is -2.23. The van der Waals surface area contributed by atoms with Gasteiger partial charge < -0.3 is 0 Å². The second kappa shape index (κ2) is 10.8. The largest absolute Gasteiger partial charge is 0.0654 e. The summed E-state index contributed by atoms with van der Waals surface area (Å²) in [5.41, 5.74) is 3.81. The molecule has 158 valence electrons. The summed E-state index contributed by atoms with van der Waals surface area (Å²) in [7, 11) is 0. The molecule has 2 aliphatic rings. The van der Waals surface area contributed by atoms with E-state index in [4.69, 9.17) is 0 Å². The van der Waals surface area contributed by atoms with Crippen LogP contribution in [0.2, 0.25) is 0 Å². The third-order valence-corrected chi connectivity index (χ3v) is 8.28. The van der Waals surface area contributed by atoms with Gasteiger partial charge in [0.15, 0.2) is 0 Å². The van der Waals surface area contributed by atoms with Crippen LogP contribution in [0.4, 0.5) is 0 Å². The topological polar surface area (TPSA) is 0 Å². The third kappa shape index (κ3) is 6.36. The van der Waals surface area contributed by atoms with Crippen molar-refractivity contribution < 1.29 is 0 Å². The van der Waals surface area contributed by atoms with Crippen LogP contribution in [-0.4, -0.2) is 0 Å². The van der Waals surface area contributed by atoms with Crippen LogP contribution in [0.25, 0.3) is 0 Å². The molecule has 2 fully saturated rings. The average Bonchev–Trinajstić information content (AvgIpc) is 2.73. The van der Waals surface area contributed by atoms with E-state index >= 15 is 0 Å². The zero-order chi connectivity index (χ0) is 19.8. The molecule has 0 bridgehead atoms. The van der Waals surface area contributed by atoms with Gasteiger partial charge in [-0.2, -0.15) is 0 Å². The van der Waals surface area contributed by atoms with Gasteiger partial charge in [0.25, 0.3) is 0 Å².